The Kier molecular flexibility index (Phi) is 5.05. The molecule has 18 heavy (non-hydrogen) atoms. The van der Waals surface area contributed by atoms with Crippen LogP contribution in [0.1, 0.15) is 33.6 Å². The monoisotopic (exact) mass is 250 g/mol. The number of carbonyl (C=O) groups is 3. The third-order valence-corrected chi connectivity index (χ3v) is 2.39. The lowest BCUT2D eigenvalue weighted by Crippen LogP contribution is -2.07. The van der Waals surface area contributed by atoms with E-state index in [1.807, 2.05) is 0 Å². The summed E-state index contributed by atoms with van der Waals surface area (Å²) in [4.78, 5) is 34.0. The Morgan fingerprint density at radius 1 is 1.00 bits per heavy atom. The zero-order valence-electron chi connectivity index (χ0n) is 10.3. The summed E-state index contributed by atoms with van der Waals surface area (Å²) in [6, 6.07) is 6.19. The molecule has 0 bridgehead atoms. The van der Waals surface area contributed by atoms with E-state index in [1.165, 1.54) is 20.3 Å². The summed E-state index contributed by atoms with van der Waals surface area (Å²) in [6.07, 6.45) is 0.0785. The predicted octanol–water partition coefficient (Wildman–Crippen LogP) is 1.61. The molecule has 0 saturated heterocycles. The molecule has 1 aromatic carbocycles. The second-order valence-electron chi connectivity index (χ2n) is 3.57. The van der Waals surface area contributed by atoms with Gasteiger partial charge < -0.3 is 9.47 Å². The molecular weight excluding hydrogens is 236 g/mol. The number of esters is 2. The Labute approximate surface area is 105 Å². The van der Waals surface area contributed by atoms with Crippen molar-refractivity contribution in [1.29, 1.82) is 0 Å². The molecule has 0 fully saturated rings. The van der Waals surface area contributed by atoms with Gasteiger partial charge in [0.15, 0.2) is 5.78 Å². The van der Waals surface area contributed by atoms with Crippen molar-refractivity contribution >= 4 is 17.7 Å². The van der Waals surface area contributed by atoms with Crippen LogP contribution in [0.25, 0.3) is 0 Å². The molecule has 0 spiro atoms. The number of Topliss-reactive ketones (excluding diaryl/α,β-unsaturated/α-hetero) is 1. The van der Waals surface area contributed by atoms with Gasteiger partial charge >= 0.3 is 11.9 Å². The van der Waals surface area contributed by atoms with E-state index in [-0.39, 0.29) is 18.6 Å². The highest BCUT2D eigenvalue weighted by atomic mass is 16.5. The minimum absolute atomic E-state index is 0.0256. The average Bonchev–Trinajstić information content (AvgIpc) is 2.43. The number of methoxy groups -OCH3 is 2. The lowest BCUT2D eigenvalue weighted by Gasteiger charge is -2.03. The van der Waals surface area contributed by atoms with Gasteiger partial charge in [0, 0.05) is 12.0 Å². The van der Waals surface area contributed by atoms with Crippen LogP contribution in [0.2, 0.25) is 0 Å². The van der Waals surface area contributed by atoms with Gasteiger partial charge in [-0.1, -0.05) is 12.1 Å². The van der Waals surface area contributed by atoms with Crippen LogP contribution in [-0.4, -0.2) is 31.9 Å². The molecule has 0 saturated carbocycles. The number of ether oxygens (including phenoxy) is 2. The van der Waals surface area contributed by atoms with Crippen LogP contribution < -0.4 is 0 Å². The lowest BCUT2D eigenvalue weighted by molar-refractivity contribution is -0.140. The first kappa shape index (κ1) is 13.9. The SMILES string of the molecule is COC(=O)CCC(=O)c1cccc(C(=O)OC)c1. The van der Waals surface area contributed by atoms with E-state index in [4.69, 9.17) is 0 Å². The fourth-order valence-electron chi connectivity index (χ4n) is 1.40. The predicted molar refractivity (Wildman–Crippen MR) is 63.4 cm³/mol. The second kappa shape index (κ2) is 6.54. The molecule has 0 heterocycles. The van der Waals surface area contributed by atoms with Crippen LogP contribution in [0.15, 0.2) is 24.3 Å². The fourth-order valence-corrected chi connectivity index (χ4v) is 1.40. The minimum atomic E-state index is -0.502. The molecule has 0 aliphatic carbocycles. The number of carbonyl (C=O) groups excluding carboxylic acids is 3. The highest BCUT2D eigenvalue weighted by Crippen LogP contribution is 2.10. The smallest absolute Gasteiger partial charge is 0.337 e. The van der Waals surface area contributed by atoms with Crippen molar-refractivity contribution in [2.45, 2.75) is 12.8 Å². The first-order chi connectivity index (χ1) is 8.58. The molecule has 0 aromatic heterocycles. The molecule has 5 heteroatoms. The Hall–Kier alpha value is -2.17. The van der Waals surface area contributed by atoms with Crippen molar-refractivity contribution in [3.05, 3.63) is 35.4 Å². The Balaban J connectivity index is 2.74. The number of benzene rings is 1. The van der Waals surface area contributed by atoms with Crippen LogP contribution in [0.5, 0.6) is 0 Å². The summed E-state index contributed by atoms with van der Waals surface area (Å²) < 4.78 is 9.01. The summed E-state index contributed by atoms with van der Waals surface area (Å²) in [5.41, 5.74) is 0.684. The van der Waals surface area contributed by atoms with Gasteiger partial charge in [0.05, 0.1) is 26.2 Å². The molecule has 0 aliphatic rings. The number of rotatable bonds is 5. The molecule has 0 unspecified atom stereocenters. The van der Waals surface area contributed by atoms with Crippen molar-refractivity contribution in [3.63, 3.8) is 0 Å². The summed E-state index contributed by atoms with van der Waals surface area (Å²) >= 11 is 0. The maximum Gasteiger partial charge on any atom is 0.337 e. The van der Waals surface area contributed by atoms with Gasteiger partial charge in [0.1, 0.15) is 0 Å². The molecule has 96 valence electrons. The molecule has 0 aliphatic heterocycles. The molecule has 0 atom stereocenters. The summed E-state index contributed by atoms with van der Waals surface area (Å²) in [7, 11) is 2.54. The van der Waals surface area contributed by atoms with E-state index >= 15 is 0 Å². The molecule has 0 N–H and O–H groups in total. The first-order valence-electron chi connectivity index (χ1n) is 5.37. The summed E-state index contributed by atoms with van der Waals surface area (Å²) in [6.45, 7) is 0. The van der Waals surface area contributed by atoms with Gasteiger partial charge in [0.25, 0.3) is 0 Å². The Morgan fingerprint density at radius 3 is 2.28 bits per heavy atom. The van der Waals surface area contributed by atoms with Crippen molar-refractivity contribution in [3.8, 4) is 0 Å². The van der Waals surface area contributed by atoms with E-state index in [9.17, 15) is 14.4 Å². The quantitative estimate of drug-likeness (QED) is 0.586. The third-order valence-electron chi connectivity index (χ3n) is 2.39. The standard InChI is InChI=1S/C13H14O5/c1-17-12(15)7-6-11(14)9-4-3-5-10(8-9)13(16)18-2/h3-5,8H,6-7H2,1-2H3. The van der Waals surface area contributed by atoms with Crippen LogP contribution >= 0.6 is 0 Å². The maximum atomic E-state index is 11.8. The maximum absolute atomic E-state index is 11.8. The van der Waals surface area contributed by atoms with E-state index in [0.29, 0.717) is 11.1 Å². The van der Waals surface area contributed by atoms with Crippen LogP contribution in [0, 0.1) is 0 Å². The zero-order chi connectivity index (χ0) is 13.5. The summed E-state index contributed by atoms with van der Waals surface area (Å²) in [5.74, 6) is -1.16. The van der Waals surface area contributed by atoms with Gasteiger partial charge in [0.2, 0.25) is 0 Å². The fraction of sp³-hybridized carbons (Fsp3) is 0.308. The number of hydrogen-bond acceptors (Lipinski definition) is 5. The minimum Gasteiger partial charge on any atom is -0.469 e. The largest absolute Gasteiger partial charge is 0.469 e. The molecule has 1 rings (SSSR count). The molecular formula is C13H14O5. The van der Waals surface area contributed by atoms with Crippen LogP contribution in [-0.2, 0) is 14.3 Å². The zero-order valence-corrected chi connectivity index (χ0v) is 10.3. The number of hydrogen-bond donors (Lipinski definition) is 0. The van der Waals surface area contributed by atoms with Crippen molar-refractivity contribution < 1.29 is 23.9 Å². The van der Waals surface area contributed by atoms with Crippen LogP contribution in [0.3, 0.4) is 0 Å². The van der Waals surface area contributed by atoms with E-state index in [2.05, 4.69) is 9.47 Å². The highest BCUT2D eigenvalue weighted by molar-refractivity contribution is 6.00. The average molecular weight is 250 g/mol. The van der Waals surface area contributed by atoms with Gasteiger partial charge in [-0.15, -0.1) is 0 Å². The van der Waals surface area contributed by atoms with E-state index in [0.717, 1.165) is 0 Å². The van der Waals surface area contributed by atoms with Crippen molar-refractivity contribution in [1.82, 2.24) is 0 Å². The van der Waals surface area contributed by atoms with Gasteiger partial charge in [-0.25, -0.2) is 4.79 Å². The summed E-state index contributed by atoms with van der Waals surface area (Å²) in [5, 5.41) is 0. The van der Waals surface area contributed by atoms with Crippen molar-refractivity contribution in [2.75, 3.05) is 14.2 Å². The third kappa shape index (κ3) is 3.69. The highest BCUT2D eigenvalue weighted by Gasteiger charge is 2.12. The second-order valence-corrected chi connectivity index (χ2v) is 3.57. The molecule has 0 radical (unpaired) electrons. The van der Waals surface area contributed by atoms with Gasteiger partial charge in [-0.2, -0.15) is 0 Å². The molecule has 1 aromatic rings. The van der Waals surface area contributed by atoms with E-state index in [1.54, 1.807) is 18.2 Å². The normalized spacial score (nSPS) is 9.67. The first-order valence-corrected chi connectivity index (χ1v) is 5.37. The molecule has 5 nitrogen and oxygen atoms in total. The molecule has 0 amide bonds. The lowest BCUT2D eigenvalue weighted by atomic mass is 10.0. The number of ketones is 1. The van der Waals surface area contributed by atoms with Gasteiger partial charge in [-0.3, -0.25) is 9.59 Å². The topological polar surface area (TPSA) is 69.7 Å². The van der Waals surface area contributed by atoms with Gasteiger partial charge in [-0.05, 0) is 12.1 Å². The Morgan fingerprint density at radius 2 is 1.67 bits per heavy atom. The van der Waals surface area contributed by atoms with Crippen LogP contribution in [0.4, 0.5) is 0 Å². The Bertz CT molecular complexity index is 464. The van der Waals surface area contributed by atoms with Crippen molar-refractivity contribution in [2.24, 2.45) is 0 Å². The van der Waals surface area contributed by atoms with E-state index < -0.39 is 11.9 Å².